The number of piperidine rings is 1. The highest BCUT2D eigenvalue weighted by Crippen LogP contribution is 2.52. The van der Waals surface area contributed by atoms with Crippen molar-refractivity contribution in [3.8, 4) is 11.5 Å². The second-order valence-corrected chi connectivity index (χ2v) is 11.2. The summed E-state index contributed by atoms with van der Waals surface area (Å²) in [6.07, 6.45) is 5.48. The first-order chi connectivity index (χ1) is 16.6. The van der Waals surface area contributed by atoms with E-state index >= 15 is 0 Å². The lowest BCUT2D eigenvalue weighted by Crippen LogP contribution is -2.59. The Bertz CT molecular complexity index is 1010. The van der Waals surface area contributed by atoms with Crippen LogP contribution in [0, 0.1) is 5.41 Å². The fraction of sp³-hybridized carbons (Fsp3) is 0.586. The second-order valence-electron chi connectivity index (χ2n) is 11.2. The van der Waals surface area contributed by atoms with Gasteiger partial charge in [0.25, 0.3) is 0 Å². The molecule has 0 radical (unpaired) electrons. The fourth-order valence-corrected chi connectivity index (χ4v) is 6.95. The molecule has 3 aliphatic heterocycles. The molecule has 1 N–H and O–H groups in total. The van der Waals surface area contributed by atoms with E-state index in [0.717, 1.165) is 43.7 Å². The van der Waals surface area contributed by atoms with Gasteiger partial charge in [-0.1, -0.05) is 50.2 Å². The molecule has 0 bridgehead atoms. The van der Waals surface area contributed by atoms with Gasteiger partial charge >= 0.3 is 0 Å². The van der Waals surface area contributed by atoms with Crippen molar-refractivity contribution in [2.75, 3.05) is 39.5 Å². The number of ether oxygens (including phenoxy) is 2. The Labute approximate surface area is 204 Å². The van der Waals surface area contributed by atoms with Crippen LogP contribution in [-0.4, -0.2) is 55.4 Å². The van der Waals surface area contributed by atoms with Crippen LogP contribution in [0.1, 0.15) is 68.2 Å². The monoisotopic (exact) mass is 461 g/mol. The van der Waals surface area contributed by atoms with Crippen LogP contribution in [0.15, 0.2) is 42.5 Å². The Morgan fingerprint density at radius 3 is 2.65 bits per heavy atom. The molecule has 1 spiro atoms. The molecule has 1 aliphatic carbocycles. The smallest absolute Gasteiger partial charge is 0.231 e. The van der Waals surface area contributed by atoms with Gasteiger partial charge in [0.1, 0.15) is 0 Å². The van der Waals surface area contributed by atoms with E-state index in [1.165, 1.54) is 55.5 Å². The molecule has 1 saturated carbocycles. The van der Waals surface area contributed by atoms with Crippen molar-refractivity contribution in [2.24, 2.45) is 5.41 Å². The highest BCUT2D eigenvalue weighted by Gasteiger charge is 2.49. The Hall–Kier alpha value is -2.08. The number of para-hydroxylation sites is 1. The summed E-state index contributed by atoms with van der Waals surface area (Å²) < 4.78 is 11.5. The fourth-order valence-electron chi connectivity index (χ4n) is 6.95. The van der Waals surface area contributed by atoms with E-state index in [1.807, 2.05) is 6.07 Å². The van der Waals surface area contributed by atoms with E-state index in [0.29, 0.717) is 24.2 Å². The summed E-state index contributed by atoms with van der Waals surface area (Å²) in [5.41, 5.74) is 4.90. The minimum Gasteiger partial charge on any atom is -0.454 e. The lowest BCUT2D eigenvalue weighted by molar-refractivity contribution is -0.0651. The van der Waals surface area contributed by atoms with Crippen LogP contribution >= 0.6 is 0 Å². The summed E-state index contributed by atoms with van der Waals surface area (Å²) >= 11 is 0. The Balaban J connectivity index is 1.25. The average molecular weight is 462 g/mol. The van der Waals surface area contributed by atoms with Crippen molar-refractivity contribution in [1.29, 1.82) is 0 Å². The molecule has 2 saturated heterocycles. The van der Waals surface area contributed by atoms with Gasteiger partial charge in [-0.25, -0.2) is 0 Å². The number of rotatable bonds is 5. The molecule has 5 heteroatoms. The minimum atomic E-state index is 0.337. The van der Waals surface area contributed by atoms with E-state index in [1.54, 1.807) is 0 Å². The van der Waals surface area contributed by atoms with E-state index in [9.17, 15) is 0 Å². The lowest BCUT2D eigenvalue weighted by Gasteiger charge is -2.57. The summed E-state index contributed by atoms with van der Waals surface area (Å²) in [5.74, 6) is 2.36. The third-order valence-electron chi connectivity index (χ3n) is 8.83. The highest BCUT2D eigenvalue weighted by molar-refractivity contribution is 5.48. The number of benzene rings is 2. The first-order valence-electron chi connectivity index (χ1n) is 13.3. The zero-order valence-electron chi connectivity index (χ0n) is 20.8. The van der Waals surface area contributed by atoms with Crippen LogP contribution in [0.3, 0.4) is 0 Å². The molecule has 6 rings (SSSR count). The van der Waals surface area contributed by atoms with Crippen molar-refractivity contribution in [3.05, 3.63) is 59.2 Å². The molecule has 34 heavy (non-hydrogen) atoms. The molecule has 4 aliphatic rings. The predicted molar refractivity (Wildman–Crippen MR) is 135 cm³/mol. The van der Waals surface area contributed by atoms with Gasteiger partial charge in [0, 0.05) is 43.8 Å². The Morgan fingerprint density at radius 1 is 1.00 bits per heavy atom. The number of nitrogens with zero attached hydrogens (tertiary/aromatic N) is 2. The second kappa shape index (κ2) is 9.18. The Morgan fingerprint density at radius 2 is 1.82 bits per heavy atom. The molecular weight excluding hydrogens is 422 g/mol. The molecular formula is C29H39N3O2. The van der Waals surface area contributed by atoms with E-state index in [4.69, 9.17) is 9.47 Å². The molecule has 182 valence electrons. The van der Waals surface area contributed by atoms with Gasteiger partial charge in [0.05, 0.1) is 0 Å². The number of hydrogen-bond donors (Lipinski definition) is 1. The molecule has 1 unspecified atom stereocenters. The molecule has 2 aromatic rings. The number of nitrogens with one attached hydrogen (secondary N) is 1. The van der Waals surface area contributed by atoms with E-state index in [2.05, 4.69) is 65.4 Å². The zero-order valence-corrected chi connectivity index (χ0v) is 20.8. The summed E-state index contributed by atoms with van der Waals surface area (Å²) in [5, 5.41) is 3.56. The first kappa shape index (κ1) is 22.4. The van der Waals surface area contributed by atoms with Crippen LogP contribution in [0.25, 0.3) is 0 Å². The normalized spacial score (nSPS) is 25.1. The van der Waals surface area contributed by atoms with Crippen LogP contribution in [0.5, 0.6) is 11.5 Å². The first-order valence-corrected chi connectivity index (χ1v) is 13.3. The quantitative estimate of drug-likeness (QED) is 0.683. The standard InChI is InChI=1S/C29H39N3O2/c1-21(2)24-7-3-4-8-25(24)26-19-31(18-22-6-5-9-27-28(22)34-20-33-27)14-15-32(26)23-16-29(17-23)10-12-30-13-11-29/h3-9,21,23,26,30H,10-20H2,1-2H3. The summed E-state index contributed by atoms with van der Waals surface area (Å²) in [7, 11) is 0. The van der Waals surface area contributed by atoms with Crippen molar-refractivity contribution < 1.29 is 9.47 Å². The van der Waals surface area contributed by atoms with E-state index < -0.39 is 0 Å². The van der Waals surface area contributed by atoms with Crippen LogP contribution in [0.4, 0.5) is 0 Å². The molecule has 3 fully saturated rings. The maximum atomic E-state index is 5.82. The van der Waals surface area contributed by atoms with E-state index in [-0.39, 0.29) is 0 Å². The molecule has 3 heterocycles. The molecule has 0 amide bonds. The number of hydrogen-bond acceptors (Lipinski definition) is 5. The maximum absolute atomic E-state index is 5.82. The maximum Gasteiger partial charge on any atom is 0.231 e. The van der Waals surface area contributed by atoms with Gasteiger partial charge in [-0.15, -0.1) is 0 Å². The predicted octanol–water partition coefficient (Wildman–Crippen LogP) is 4.93. The van der Waals surface area contributed by atoms with Gasteiger partial charge in [0.2, 0.25) is 6.79 Å². The third kappa shape index (κ3) is 4.12. The SMILES string of the molecule is CC(C)c1ccccc1C1CN(Cc2cccc3c2OCO3)CCN1C1CC2(CCNCC2)C1. The van der Waals surface area contributed by atoms with Crippen molar-refractivity contribution in [3.63, 3.8) is 0 Å². The number of fused-ring (bicyclic) bond motifs is 1. The summed E-state index contributed by atoms with van der Waals surface area (Å²) in [4.78, 5) is 5.51. The zero-order chi connectivity index (χ0) is 23.1. The molecule has 1 atom stereocenters. The number of piperazine rings is 1. The van der Waals surface area contributed by atoms with Gasteiger partial charge in [-0.05, 0) is 67.3 Å². The van der Waals surface area contributed by atoms with Crippen LogP contribution < -0.4 is 14.8 Å². The summed E-state index contributed by atoms with van der Waals surface area (Å²) in [6.45, 7) is 11.6. The van der Waals surface area contributed by atoms with Gasteiger partial charge in [0.15, 0.2) is 11.5 Å². The van der Waals surface area contributed by atoms with Crippen LogP contribution in [0.2, 0.25) is 0 Å². The van der Waals surface area contributed by atoms with Crippen molar-refractivity contribution in [2.45, 2.75) is 64.1 Å². The van der Waals surface area contributed by atoms with Gasteiger partial charge in [-0.3, -0.25) is 9.80 Å². The lowest BCUT2D eigenvalue weighted by atomic mass is 9.60. The average Bonchev–Trinajstić information content (AvgIpc) is 3.33. The highest BCUT2D eigenvalue weighted by atomic mass is 16.7. The van der Waals surface area contributed by atoms with Gasteiger partial charge < -0.3 is 14.8 Å². The topological polar surface area (TPSA) is 37.0 Å². The molecule has 2 aromatic carbocycles. The van der Waals surface area contributed by atoms with Crippen LogP contribution in [-0.2, 0) is 6.54 Å². The molecule has 5 nitrogen and oxygen atoms in total. The summed E-state index contributed by atoms with van der Waals surface area (Å²) in [6, 6.07) is 16.7. The van der Waals surface area contributed by atoms with Crippen molar-refractivity contribution >= 4 is 0 Å². The van der Waals surface area contributed by atoms with Crippen molar-refractivity contribution in [1.82, 2.24) is 15.1 Å². The largest absolute Gasteiger partial charge is 0.454 e. The minimum absolute atomic E-state index is 0.337. The van der Waals surface area contributed by atoms with Gasteiger partial charge in [-0.2, -0.15) is 0 Å². The third-order valence-corrected chi connectivity index (χ3v) is 8.83. The molecule has 0 aromatic heterocycles. The Kier molecular flexibility index (Phi) is 6.04.